The zero-order chi connectivity index (χ0) is 15.7. The number of carbonyl (C=O) groups excluding carboxylic acids is 1. The van der Waals surface area contributed by atoms with E-state index < -0.39 is 29.4 Å². The van der Waals surface area contributed by atoms with Gasteiger partial charge in [-0.15, -0.1) is 0 Å². The molecular weight excluding hydrogens is 300 g/mol. The number of hydrogen-bond donors (Lipinski definition) is 0. The molecule has 0 atom stereocenters. The summed E-state index contributed by atoms with van der Waals surface area (Å²) in [7, 11) is -2.49. The molecule has 0 spiro atoms. The van der Waals surface area contributed by atoms with Crippen molar-refractivity contribution in [2.75, 3.05) is 7.11 Å². The normalized spacial score (nSPS) is 14.8. The molecule has 0 aromatic heterocycles. The van der Waals surface area contributed by atoms with Gasteiger partial charge in [0.1, 0.15) is 0 Å². The molecular formula is C13H32O2Si4. The average molecular weight is 333 g/mol. The van der Waals surface area contributed by atoms with Crippen LogP contribution in [0.15, 0.2) is 11.8 Å². The monoisotopic (exact) mass is 332 g/mol. The van der Waals surface area contributed by atoms with E-state index in [1.54, 1.807) is 6.08 Å². The Hall–Kier alpha value is 0.0775. The van der Waals surface area contributed by atoms with Gasteiger partial charge in [-0.05, 0) is 0 Å². The van der Waals surface area contributed by atoms with Gasteiger partial charge in [-0.1, -0.05) is 64.6 Å². The van der Waals surface area contributed by atoms with Gasteiger partial charge in [-0.3, -0.25) is 0 Å². The molecule has 0 aliphatic rings. The molecule has 0 N–H and O–H groups in total. The van der Waals surface area contributed by atoms with Crippen molar-refractivity contribution < 1.29 is 9.53 Å². The van der Waals surface area contributed by atoms with E-state index in [-0.39, 0.29) is 5.97 Å². The molecule has 0 heterocycles. The molecule has 2 nitrogen and oxygen atoms in total. The summed E-state index contributed by atoms with van der Waals surface area (Å²) in [6.07, 6.45) is 1.75. The molecule has 19 heavy (non-hydrogen) atoms. The van der Waals surface area contributed by atoms with E-state index >= 15 is 0 Å². The minimum Gasteiger partial charge on any atom is -0.466 e. The Kier molecular flexibility index (Phi) is 5.85. The van der Waals surface area contributed by atoms with E-state index in [0.717, 1.165) is 0 Å². The molecule has 0 aromatic rings. The lowest BCUT2D eigenvalue weighted by atomic mass is 10.7. The molecule has 0 fully saturated rings. The first-order chi connectivity index (χ1) is 8.20. The van der Waals surface area contributed by atoms with E-state index in [4.69, 9.17) is 4.74 Å². The van der Waals surface area contributed by atoms with E-state index in [1.807, 2.05) is 0 Å². The third kappa shape index (κ3) is 3.80. The summed E-state index contributed by atoms with van der Waals surface area (Å²) in [6, 6.07) is 0. The fourth-order valence-electron chi connectivity index (χ4n) is 4.39. The fourth-order valence-corrected chi connectivity index (χ4v) is 99.3. The van der Waals surface area contributed by atoms with Crippen LogP contribution < -0.4 is 0 Å². The van der Waals surface area contributed by atoms with Gasteiger partial charge < -0.3 is 4.74 Å². The molecule has 0 unspecified atom stereocenters. The van der Waals surface area contributed by atoms with Crippen molar-refractivity contribution in [3.63, 3.8) is 0 Å². The van der Waals surface area contributed by atoms with Crippen LogP contribution in [0.25, 0.3) is 0 Å². The maximum atomic E-state index is 11.6. The van der Waals surface area contributed by atoms with Gasteiger partial charge in [-0.25, -0.2) is 4.79 Å². The zero-order valence-electron chi connectivity index (χ0n) is 14.5. The van der Waals surface area contributed by atoms with Gasteiger partial charge in [0.25, 0.3) is 0 Å². The van der Waals surface area contributed by atoms with Crippen LogP contribution in [0.4, 0.5) is 0 Å². The van der Waals surface area contributed by atoms with Gasteiger partial charge in [0.2, 0.25) is 0 Å². The van der Waals surface area contributed by atoms with Gasteiger partial charge in [0.05, 0.1) is 13.7 Å². The van der Waals surface area contributed by atoms with Crippen molar-refractivity contribution in [1.29, 1.82) is 0 Å². The quantitative estimate of drug-likeness (QED) is 0.433. The van der Waals surface area contributed by atoms with Crippen LogP contribution in [-0.4, -0.2) is 42.5 Å². The van der Waals surface area contributed by atoms with Crippen molar-refractivity contribution in [1.82, 2.24) is 0 Å². The number of rotatable bonds is 5. The first-order valence-electron chi connectivity index (χ1n) is 6.98. The Morgan fingerprint density at radius 1 is 0.789 bits per heavy atom. The maximum Gasteiger partial charge on any atom is 0.329 e. The molecule has 0 radical (unpaired) electrons. The average Bonchev–Trinajstić information content (AvgIpc) is 2.11. The molecule has 0 aromatic carbocycles. The Balaban J connectivity index is 6.12. The van der Waals surface area contributed by atoms with E-state index in [0.29, 0.717) is 0 Å². The van der Waals surface area contributed by atoms with Crippen LogP contribution in [0.3, 0.4) is 0 Å². The topological polar surface area (TPSA) is 26.3 Å². The highest BCUT2D eigenvalue weighted by atomic mass is 29.9. The molecule has 0 aliphatic heterocycles. The SMILES string of the molecule is COC(=O)/C=C\[Si]([Si](C)(C)C)([Si](C)(C)C)[Si](C)(C)C. The highest BCUT2D eigenvalue weighted by Gasteiger charge is 2.59. The lowest BCUT2D eigenvalue weighted by Gasteiger charge is -2.55. The lowest BCUT2D eigenvalue weighted by Crippen LogP contribution is -2.81. The van der Waals surface area contributed by atoms with Crippen LogP contribution in [-0.2, 0) is 9.53 Å². The molecule has 0 saturated heterocycles. The summed E-state index contributed by atoms with van der Waals surface area (Å²) in [5, 5.41) is 0. The number of esters is 1. The second-order valence-corrected chi connectivity index (χ2v) is 49.0. The van der Waals surface area contributed by atoms with Crippen LogP contribution in [0.5, 0.6) is 0 Å². The third-order valence-electron chi connectivity index (χ3n) is 4.22. The molecule has 0 aliphatic carbocycles. The molecule has 6 heteroatoms. The summed E-state index contributed by atoms with van der Waals surface area (Å²) >= 11 is 0. The summed E-state index contributed by atoms with van der Waals surface area (Å²) in [6.45, 7) is 21.1. The Bertz CT molecular complexity index is 320. The number of methoxy groups -OCH3 is 1. The van der Waals surface area contributed by atoms with Crippen LogP contribution in [0.2, 0.25) is 58.9 Å². The molecule has 112 valence electrons. The zero-order valence-corrected chi connectivity index (χ0v) is 18.5. The Morgan fingerprint density at radius 3 is 1.32 bits per heavy atom. The lowest BCUT2D eigenvalue weighted by molar-refractivity contribution is -0.134. The van der Waals surface area contributed by atoms with Crippen LogP contribution in [0, 0.1) is 0 Å². The van der Waals surface area contributed by atoms with Gasteiger partial charge in [0.15, 0.2) is 0 Å². The van der Waals surface area contributed by atoms with Crippen molar-refractivity contribution in [2.24, 2.45) is 0 Å². The first-order valence-corrected chi connectivity index (χ1v) is 22.6. The minimum absolute atomic E-state index is 0.188. The first kappa shape index (κ1) is 19.1. The van der Waals surface area contributed by atoms with Gasteiger partial charge in [-0.2, -0.15) is 0 Å². The number of carbonyl (C=O) groups is 1. The van der Waals surface area contributed by atoms with Crippen molar-refractivity contribution >= 4 is 35.4 Å². The summed E-state index contributed by atoms with van der Waals surface area (Å²) < 4.78 is 4.83. The summed E-state index contributed by atoms with van der Waals surface area (Å²) in [5.74, 6) is -0.188. The van der Waals surface area contributed by atoms with Crippen molar-refractivity contribution in [3.05, 3.63) is 11.8 Å². The number of hydrogen-bond acceptors (Lipinski definition) is 2. The molecule has 0 rings (SSSR count). The van der Waals surface area contributed by atoms with E-state index in [9.17, 15) is 4.79 Å². The van der Waals surface area contributed by atoms with Crippen LogP contribution in [0.1, 0.15) is 0 Å². The Morgan fingerprint density at radius 2 is 1.11 bits per heavy atom. The predicted molar refractivity (Wildman–Crippen MR) is 96.9 cm³/mol. The number of ether oxygens (including phenoxy) is 1. The third-order valence-corrected chi connectivity index (χ3v) is 75.3. The fraction of sp³-hybridized carbons (Fsp3) is 0.769. The second-order valence-electron chi connectivity index (χ2n) is 8.41. The van der Waals surface area contributed by atoms with Gasteiger partial charge >= 0.3 is 5.97 Å². The van der Waals surface area contributed by atoms with Crippen molar-refractivity contribution in [2.45, 2.75) is 58.9 Å². The van der Waals surface area contributed by atoms with Crippen molar-refractivity contribution in [3.8, 4) is 0 Å². The predicted octanol–water partition coefficient (Wildman–Crippen LogP) is 3.95. The Labute approximate surface area is 123 Å². The summed E-state index contributed by atoms with van der Waals surface area (Å²) in [5.41, 5.74) is 2.39. The smallest absolute Gasteiger partial charge is 0.329 e. The van der Waals surface area contributed by atoms with Gasteiger partial charge in [0, 0.05) is 28.9 Å². The maximum absolute atomic E-state index is 11.6. The minimum atomic E-state index is -1.54. The highest BCUT2D eigenvalue weighted by Crippen LogP contribution is 2.37. The largest absolute Gasteiger partial charge is 0.466 e. The van der Waals surface area contributed by atoms with Crippen LogP contribution >= 0.6 is 0 Å². The highest BCUT2D eigenvalue weighted by molar-refractivity contribution is 7.90. The van der Waals surface area contributed by atoms with E-state index in [1.165, 1.54) is 7.11 Å². The molecule has 0 saturated carbocycles. The summed E-state index contributed by atoms with van der Waals surface area (Å²) in [4.78, 5) is 11.6. The second kappa shape index (κ2) is 5.83. The standard InChI is InChI=1S/C13H32O2Si4/c1-15-13(14)11-12-19(16(2,3)4,17(5,6)7)18(8,9)10/h11-12H,1-10H3/b12-11-. The molecule has 0 bridgehead atoms. The molecule has 0 amide bonds. The van der Waals surface area contributed by atoms with E-state index in [2.05, 4.69) is 64.6 Å².